The van der Waals surface area contributed by atoms with E-state index in [4.69, 9.17) is 0 Å². The van der Waals surface area contributed by atoms with Gasteiger partial charge in [-0.05, 0) is 82.5 Å². The van der Waals surface area contributed by atoms with E-state index in [2.05, 4.69) is 76.2 Å². The van der Waals surface area contributed by atoms with Crippen molar-refractivity contribution in [2.45, 2.75) is 269 Å². The zero-order valence-corrected chi connectivity index (χ0v) is 40.7. The van der Waals surface area contributed by atoms with Crippen LogP contribution in [0.3, 0.4) is 0 Å². The molecule has 0 aromatic rings. The minimum absolute atomic E-state index is 0.311. The maximum atomic E-state index is 10.6. The van der Waals surface area contributed by atoms with Gasteiger partial charge < -0.3 is 19.0 Å². The van der Waals surface area contributed by atoms with E-state index >= 15 is 0 Å². The molecule has 0 aromatic heterocycles. The Hall–Kier alpha value is -0.0951. The maximum absolute atomic E-state index is 10.6. The summed E-state index contributed by atoms with van der Waals surface area (Å²) in [5.74, 6) is 0. The quantitative estimate of drug-likeness (QED) is 0.0354. The molecule has 55 heavy (non-hydrogen) atoms. The lowest BCUT2D eigenvalue weighted by Crippen LogP contribution is -2.50. The molecule has 0 aliphatic rings. The lowest BCUT2D eigenvalue weighted by Gasteiger charge is -2.39. The molecule has 0 spiro atoms. The summed E-state index contributed by atoms with van der Waals surface area (Å²) in [6.07, 6.45) is 38.8. The highest BCUT2D eigenvalue weighted by Crippen LogP contribution is 2.41. The molecule has 0 aromatic carbocycles. The van der Waals surface area contributed by atoms with Crippen molar-refractivity contribution in [3.8, 4) is 0 Å². The molecule has 4 nitrogen and oxygen atoms in total. The highest BCUT2D eigenvalue weighted by atomic mass is 16.4. The number of hydrogen-bond acceptors (Lipinski definition) is 2. The SMILES string of the molecule is CCCCC(CCCC)(CCCC)CCCCCB([O-])[O-].CCCC[N+](CCCC)(CCCC)CCCC.CCCC[N+](CCCC)(CCCC)CCCC. The molecule has 0 saturated carbocycles. The highest BCUT2D eigenvalue weighted by molar-refractivity contribution is 6.36. The Kier molecular flexibility index (Phi) is 46.8. The van der Waals surface area contributed by atoms with Gasteiger partial charge in [0.2, 0.25) is 0 Å². The van der Waals surface area contributed by atoms with Gasteiger partial charge in [-0.3, -0.25) is 0 Å². The van der Waals surface area contributed by atoms with Crippen LogP contribution in [0.4, 0.5) is 0 Å². The minimum atomic E-state index is -1.62. The molecular weight excluding hydrogens is 671 g/mol. The van der Waals surface area contributed by atoms with Crippen LogP contribution in [0.25, 0.3) is 0 Å². The first-order chi connectivity index (χ1) is 26.6. The van der Waals surface area contributed by atoms with Crippen LogP contribution in [0.15, 0.2) is 0 Å². The van der Waals surface area contributed by atoms with Crippen molar-refractivity contribution in [1.82, 2.24) is 0 Å². The van der Waals surface area contributed by atoms with Crippen molar-refractivity contribution in [3.63, 3.8) is 0 Å². The van der Waals surface area contributed by atoms with Crippen molar-refractivity contribution in [3.05, 3.63) is 0 Å². The van der Waals surface area contributed by atoms with E-state index in [-0.39, 0.29) is 0 Å². The number of unbranched alkanes of at least 4 members (excludes halogenated alkanes) is 13. The molecule has 0 radical (unpaired) electrons. The second-order valence-electron chi connectivity index (χ2n) is 18.1. The Labute approximate surface area is 351 Å². The van der Waals surface area contributed by atoms with E-state index in [0.29, 0.717) is 11.7 Å². The predicted molar refractivity (Wildman–Crippen MR) is 249 cm³/mol. The Morgan fingerprint density at radius 3 is 0.709 bits per heavy atom. The van der Waals surface area contributed by atoms with Crippen LogP contribution in [0.5, 0.6) is 0 Å². The number of nitrogens with zero attached hydrogens (tertiary/aromatic N) is 2. The summed E-state index contributed by atoms with van der Waals surface area (Å²) in [6, 6.07) is 0. The van der Waals surface area contributed by atoms with E-state index in [1.54, 1.807) is 0 Å². The summed E-state index contributed by atoms with van der Waals surface area (Å²) >= 11 is 0. The molecule has 0 unspecified atom stereocenters. The topological polar surface area (TPSA) is 46.1 Å². The third-order valence-corrected chi connectivity index (χ3v) is 12.7. The van der Waals surface area contributed by atoms with Crippen molar-refractivity contribution in [1.29, 1.82) is 0 Å². The predicted octanol–water partition coefficient (Wildman–Crippen LogP) is 14.3. The molecule has 0 rings (SSSR count). The summed E-state index contributed by atoms with van der Waals surface area (Å²) in [6.45, 7) is 36.9. The molecule has 0 saturated heterocycles. The van der Waals surface area contributed by atoms with Gasteiger partial charge in [-0.25, -0.2) is 0 Å². The third-order valence-electron chi connectivity index (χ3n) is 12.7. The lowest BCUT2D eigenvalue weighted by molar-refractivity contribution is -0.929. The molecule has 0 amide bonds. The first-order valence-corrected chi connectivity index (χ1v) is 25.6. The fraction of sp³-hybridized carbons (Fsp3) is 1.00. The van der Waals surface area contributed by atoms with Crippen LogP contribution in [-0.4, -0.2) is 68.4 Å². The highest BCUT2D eigenvalue weighted by Gasteiger charge is 2.28. The summed E-state index contributed by atoms with van der Waals surface area (Å²) in [5, 5.41) is 21.1. The molecule has 5 heteroatoms. The first kappa shape index (κ1) is 59.2. The molecule has 0 fully saturated rings. The zero-order valence-electron chi connectivity index (χ0n) is 40.7. The molecular formula is C50H109BN2O2. The monoisotopic (exact) mass is 781 g/mol. The van der Waals surface area contributed by atoms with Crippen LogP contribution in [0, 0.1) is 5.41 Å². The third kappa shape index (κ3) is 35.6. The van der Waals surface area contributed by atoms with Gasteiger partial charge in [0.05, 0.1) is 52.4 Å². The molecule has 0 aliphatic carbocycles. The Morgan fingerprint density at radius 1 is 0.291 bits per heavy atom. The summed E-state index contributed by atoms with van der Waals surface area (Å²) in [5.41, 5.74) is 0.538. The summed E-state index contributed by atoms with van der Waals surface area (Å²) < 4.78 is 2.84. The van der Waals surface area contributed by atoms with Crippen molar-refractivity contribution in [2.24, 2.45) is 5.41 Å². The van der Waals surface area contributed by atoms with E-state index in [1.807, 2.05) is 0 Å². The van der Waals surface area contributed by atoms with Crippen LogP contribution in [0.1, 0.15) is 262 Å². The molecule has 0 bridgehead atoms. The molecule has 0 atom stereocenters. The smallest absolute Gasteiger partial charge is 0.0786 e. The fourth-order valence-electron chi connectivity index (χ4n) is 8.68. The molecule has 334 valence electrons. The van der Waals surface area contributed by atoms with Crippen LogP contribution < -0.4 is 10.0 Å². The Morgan fingerprint density at radius 2 is 0.509 bits per heavy atom. The average molecular weight is 781 g/mol. The van der Waals surface area contributed by atoms with Gasteiger partial charge in [0, 0.05) is 0 Å². The van der Waals surface area contributed by atoms with Crippen LogP contribution >= 0.6 is 0 Å². The van der Waals surface area contributed by atoms with Gasteiger partial charge in [0.25, 0.3) is 0 Å². The van der Waals surface area contributed by atoms with Crippen LogP contribution in [0.2, 0.25) is 6.32 Å². The molecule has 0 N–H and O–H groups in total. The minimum Gasteiger partial charge on any atom is -0.893 e. The standard InChI is InChI=1S/C18H37BO2.2C16H36N/c1-4-7-13-18(14-8-5-2,15-9-6-3)16-11-10-12-17-19(20)21;2*1-5-9-13-17(14-10-6-2,15-11-7-3)16-12-8-4/h4-17H2,1-3H3;2*5-16H2,1-4H3/q-2;2*+1. The van der Waals surface area contributed by atoms with Crippen LogP contribution in [-0.2, 0) is 0 Å². The largest absolute Gasteiger partial charge is 0.893 e. The number of rotatable bonds is 39. The normalized spacial score (nSPS) is 11.9. The van der Waals surface area contributed by atoms with Crippen molar-refractivity contribution < 1.29 is 19.0 Å². The van der Waals surface area contributed by atoms with Gasteiger partial charge in [-0.2, -0.15) is 0 Å². The van der Waals surface area contributed by atoms with Gasteiger partial charge in [-0.15, -0.1) is 13.4 Å². The molecule has 0 aliphatic heterocycles. The second kappa shape index (κ2) is 43.5. The Bertz CT molecular complexity index is 585. The average Bonchev–Trinajstić information content (AvgIpc) is 3.20. The van der Waals surface area contributed by atoms with Gasteiger partial charge in [0.15, 0.2) is 0 Å². The van der Waals surface area contributed by atoms with Gasteiger partial charge in [0.1, 0.15) is 0 Å². The van der Waals surface area contributed by atoms with E-state index in [0.717, 1.165) is 12.8 Å². The van der Waals surface area contributed by atoms with E-state index in [1.165, 1.54) is 235 Å². The van der Waals surface area contributed by atoms with Gasteiger partial charge in [-0.1, -0.05) is 185 Å². The summed E-state index contributed by atoms with van der Waals surface area (Å²) in [7, 11) is -1.62. The van der Waals surface area contributed by atoms with E-state index in [9.17, 15) is 10.0 Å². The maximum Gasteiger partial charge on any atom is 0.0786 e. The Balaban J connectivity index is -0.000000744. The fourth-order valence-corrected chi connectivity index (χ4v) is 8.68. The first-order valence-electron chi connectivity index (χ1n) is 25.6. The van der Waals surface area contributed by atoms with E-state index < -0.39 is 7.12 Å². The second-order valence-corrected chi connectivity index (χ2v) is 18.1. The van der Waals surface area contributed by atoms with Crippen molar-refractivity contribution >= 4 is 7.12 Å². The lowest BCUT2D eigenvalue weighted by atomic mass is 9.71. The van der Waals surface area contributed by atoms with Crippen molar-refractivity contribution in [2.75, 3.05) is 52.4 Å². The summed E-state index contributed by atoms with van der Waals surface area (Å²) in [4.78, 5) is 0. The number of quaternary nitrogens is 2. The van der Waals surface area contributed by atoms with Gasteiger partial charge >= 0.3 is 0 Å². The zero-order chi connectivity index (χ0) is 41.9. The number of hydrogen-bond donors (Lipinski definition) is 0. The molecule has 0 heterocycles.